The number of pyridine rings is 1. The van der Waals surface area contributed by atoms with Gasteiger partial charge in [0.1, 0.15) is 5.75 Å². The predicted octanol–water partition coefficient (Wildman–Crippen LogP) is 4.29. The van der Waals surface area contributed by atoms with Gasteiger partial charge in [0.2, 0.25) is 0 Å². The second-order valence-corrected chi connectivity index (χ2v) is 10.2. The molecule has 2 aliphatic rings. The van der Waals surface area contributed by atoms with Gasteiger partial charge >= 0.3 is 0 Å². The molecule has 1 amide bonds. The normalized spacial score (nSPS) is 19.2. The summed E-state index contributed by atoms with van der Waals surface area (Å²) >= 11 is 0. The van der Waals surface area contributed by atoms with Crippen LogP contribution in [0.2, 0.25) is 0 Å². The number of aromatic amines is 1. The lowest BCUT2D eigenvalue weighted by Gasteiger charge is -2.50. The van der Waals surface area contributed by atoms with Crippen molar-refractivity contribution in [3.8, 4) is 5.75 Å². The lowest BCUT2D eigenvalue weighted by atomic mass is 9.68. The summed E-state index contributed by atoms with van der Waals surface area (Å²) in [5.41, 5.74) is 5.13. The Morgan fingerprint density at radius 3 is 2.65 bits per heavy atom. The number of hydrogen-bond acceptors (Lipinski definition) is 5. The summed E-state index contributed by atoms with van der Waals surface area (Å²) < 4.78 is 5.50. The lowest BCUT2D eigenvalue weighted by Crippen LogP contribution is -2.54. The van der Waals surface area contributed by atoms with Crippen molar-refractivity contribution in [1.29, 1.82) is 0 Å². The molecule has 1 saturated heterocycles. The monoisotopic (exact) mass is 496 g/mol. The van der Waals surface area contributed by atoms with Crippen LogP contribution < -0.4 is 4.74 Å². The molecule has 2 aromatic carbocycles. The van der Waals surface area contributed by atoms with Crippen LogP contribution in [0.15, 0.2) is 73.1 Å². The molecule has 0 aliphatic carbocycles. The minimum absolute atomic E-state index is 0.0332. The summed E-state index contributed by atoms with van der Waals surface area (Å²) in [5, 5.41) is 11.8. The number of H-pyrrole nitrogens is 1. The van der Waals surface area contributed by atoms with Gasteiger partial charge in [-0.25, -0.2) is 0 Å². The lowest BCUT2D eigenvalue weighted by molar-refractivity contribution is 0.0386. The van der Waals surface area contributed by atoms with Crippen molar-refractivity contribution >= 4 is 16.8 Å². The molecule has 0 unspecified atom stereocenters. The number of aromatic nitrogens is 2. The van der Waals surface area contributed by atoms with Gasteiger partial charge in [0.15, 0.2) is 0 Å². The third-order valence-electron chi connectivity index (χ3n) is 8.16. The number of ether oxygens (including phenoxy) is 1. The van der Waals surface area contributed by atoms with E-state index >= 15 is 0 Å². The predicted molar refractivity (Wildman–Crippen MR) is 143 cm³/mol. The van der Waals surface area contributed by atoms with Crippen LogP contribution in [0.5, 0.6) is 5.75 Å². The molecule has 4 heterocycles. The van der Waals surface area contributed by atoms with Crippen molar-refractivity contribution in [2.75, 3.05) is 33.4 Å². The van der Waals surface area contributed by atoms with Crippen molar-refractivity contribution < 1.29 is 14.6 Å². The van der Waals surface area contributed by atoms with Gasteiger partial charge in [0, 0.05) is 66.7 Å². The van der Waals surface area contributed by atoms with Gasteiger partial charge in [-0.15, -0.1) is 0 Å². The van der Waals surface area contributed by atoms with Crippen LogP contribution in [0.1, 0.15) is 46.1 Å². The number of piperidine rings is 1. The highest BCUT2D eigenvalue weighted by atomic mass is 16.5. The first-order valence-corrected chi connectivity index (χ1v) is 12.9. The smallest absolute Gasteiger partial charge is 0.255 e. The molecule has 2 aromatic heterocycles. The number of rotatable bonds is 5. The van der Waals surface area contributed by atoms with Crippen molar-refractivity contribution in [3.05, 3.63) is 95.4 Å². The summed E-state index contributed by atoms with van der Waals surface area (Å²) in [7, 11) is 1.68. The first-order chi connectivity index (χ1) is 18.1. The fourth-order valence-corrected chi connectivity index (χ4v) is 6.31. The van der Waals surface area contributed by atoms with E-state index in [9.17, 15) is 9.90 Å². The third-order valence-corrected chi connectivity index (χ3v) is 8.16. The number of hydrogen-bond donors (Lipinski definition) is 2. The summed E-state index contributed by atoms with van der Waals surface area (Å²) in [5.74, 6) is 0.843. The average Bonchev–Trinajstić information content (AvgIpc) is 3.34. The minimum Gasteiger partial charge on any atom is -0.497 e. The Bertz CT molecular complexity index is 1390. The van der Waals surface area contributed by atoms with E-state index in [-0.39, 0.29) is 24.0 Å². The van der Waals surface area contributed by atoms with E-state index in [1.807, 2.05) is 35.2 Å². The summed E-state index contributed by atoms with van der Waals surface area (Å²) in [4.78, 5) is 25.3. The Morgan fingerprint density at radius 2 is 1.95 bits per heavy atom. The van der Waals surface area contributed by atoms with Crippen LogP contribution in [-0.4, -0.2) is 64.1 Å². The Labute approximate surface area is 216 Å². The summed E-state index contributed by atoms with van der Waals surface area (Å²) in [6.45, 7) is 2.97. The van der Waals surface area contributed by atoms with E-state index in [0.29, 0.717) is 18.7 Å². The quantitative estimate of drug-likeness (QED) is 0.431. The third kappa shape index (κ3) is 4.18. The molecule has 7 nitrogen and oxygen atoms in total. The van der Waals surface area contributed by atoms with Crippen LogP contribution in [0.25, 0.3) is 10.9 Å². The van der Waals surface area contributed by atoms with E-state index in [0.717, 1.165) is 42.9 Å². The summed E-state index contributed by atoms with van der Waals surface area (Å²) in [6.07, 6.45) is 5.05. The Morgan fingerprint density at radius 1 is 1.14 bits per heavy atom. The number of carbonyl (C=O) groups is 1. The molecular weight excluding hydrogens is 464 g/mol. The van der Waals surface area contributed by atoms with Crippen LogP contribution >= 0.6 is 0 Å². The molecule has 190 valence electrons. The Hall–Kier alpha value is -3.68. The molecule has 6 rings (SSSR count). The second kappa shape index (κ2) is 9.65. The van der Waals surface area contributed by atoms with Gasteiger partial charge in [0.05, 0.1) is 25.3 Å². The molecule has 2 aliphatic heterocycles. The van der Waals surface area contributed by atoms with Crippen molar-refractivity contribution in [2.45, 2.75) is 30.8 Å². The zero-order valence-corrected chi connectivity index (χ0v) is 21.1. The first-order valence-electron chi connectivity index (χ1n) is 12.9. The number of carbonyl (C=O) groups excluding carboxylic acids is 1. The number of aliphatic hydroxyl groups is 1. The molecule has 1 spiro atoms. The SMILES string of the molecule is COc1ccc2c3c([nH]c2c1)[C@H](CO)N(Cc1ccccc1)CC31CCN(C(=O)c2cccnc2)CC1. The van der Waals surface area contributed by atoms with Gasteiger partial charge in [0.25, 0.3) is 5.91 Å². The molecule has 4 aromatic rings. The molecule has 1 atom stereocenters. The van der Waals surface area contributed by atoms with Gasteiger partial charge in [-0.05, 0) is 48.2 Å². The standard InChI is InChI=1S/C30H32N4O3/c1-37-23-9-10-24-25(16-23)32-28-26(19-35)34(18-21-6-3-2-4-7-21)20-30(27(24)28)11-14-33(15-12-30)29(36)22-8-5-13-31-17-22/h2-10,13,16-17,26,32,35H,11-12,14-15,18-20H2,1H3/t26-/m0/s1. The van der Waals surface area contributed by atoms with Gasteiger partial charge in [-0.3, -0.25) is 14.7 Å². The fraction of sp³-hybridized carbons (Fsp3) is 0.333. The Kier molecular flexibility index (Phi) is 6.18. The average molecular weight is 497 g/mol. The zero-order valence-electron chi connectivity index (χ0n) is 21.1. The molecular formula is C30H32N4O3. The van der Waals surface area contributed by atoms with Gasteiger partial charge in [-0.1, -0.05) is 30.3 Å². The molecule has 2 N–H and O–H groups in total. The van der Waals surface area contributed by atoms with Crippen molar-refractivity contribution in [3.63, 3.8) is 0 Å². The molecule has 37 heavy (non-hydrogen) atoms. The number of amides is 1. The highest BCUT2D eigenvalue weighted by molar-refractivity contribution is 5.94. The van der Waals surface area contributed by atoms with Crippen molar-refractivity contribution in [2.24, 2.45) is 0 Å². The minimum atomic E-state index is -0.131. The number of fused-ring (bicyclic) bond motifs is 4. The van der Waals surface area contributed by atoms with E-state index in [1.54, 1.807) is 19.5 Å². The number of nitrogens with one attached hydrogen (secondary N) is 1. The highest BCUT2D eigenvalue weighted by Gasteiger charge is 2.47. The molecule has 0 saturated carbocycles. The zero-order chi connectivity index (χ0) is 25.4. The van der Waals surface area contributed by atoms with Gasteiger partial charge < -0.3 is 19.7 Å². The van der Waals surface area contributed by atoms with Crippen molar-refractivity contribution in [1.82, 2.24) is 19.8 Å². The van der Waals surface area contributed by atoms with E-state index in [1.165, 1.54) is 16.5 Å². The van der Waals surface area contributed by atoms with E-state index < -0.39 is 0 Å². The number of benzene rings is 2. The number of nitrogens with zero attached hydrogens (tertiary/aromatic N) is 3. The number of likely N-dealkylation sites (tertiary alicyclic amines) is 1. The topological polar surface area (TPSA) is 81.7 Å². The number of methoxy groups -OCH3 is 1. The Balaban J connectivity index is 1.39. The molecule has 7 heteroatoms. The number of aliphatic hydroxyl groups excluding tert-OH is 1. The largest absolute Gasteiger partial charge is 0.497 e. The first kappa shape index (κ1) is 23.7. The maximum atomic E-state index is 13.2. The second-order valence-electron chi connectivity index (χ2n) is 10.2. The molecule has 1 fully saturated rings. The maximum Gasteiger partial charge on any atom is 0.255 e. The maximum absolute atomic E-state index is 13.2. The fourth-order valence-electron chi connectivity index (χ4n) is 6.31. The van der Waals surface area contributed by atoms with E-state index in [4.69, 9.17) is 4.74 Å². The molecule has 0 radical (unpaired) electrons. The highest BCUT2D eigenvalue weighted by Crippen LogP contribution is 2.49. The van der Waals surface area contributed by atoms with Crippen LogP contribution in [0.3, 0.4) is 0 Å². The van der Waals surface area contributed by atoms with Crippen LogP contribution in [0.4, 0.5) is 0 Å². The van der Waals surface area contributed by atoms with Crippen LogP contribution in [-0.2, 0) is 12.0 Å². The van der Waals surface area contributed by atoms with Gasteiger partial charge in [-0.2, -0.15) is 0 Å². The van der Waals surface area contributed by atoms with Crippen LogP contribution in [0, 0.1) is 0 Å². The summed E-state index contributed by atoms with van der Waals surface area (Å²) in [6, 6.07) is 20.1. The molecule has 0 bridgehead atoms. The van der Waals surface area contributed by atoms with E-state index in [2.05, 4.69) is 45.2 Å².